The zero-order valence-electron chi connectivity index (χ0n) is 17.2. The van der Waals surface area contributed by atoms with Crippen LogP contribution in [0.5, 0.6) is 0 Å². The molecule has 0 bridgehead atoms. The summed E-state index contributed by atoms with van der Waals surface area (Å²) in [6.45, 7) is 1.17. The number of carbonyl (C=O) groups is 1. The highest BCUT2D eigenvalue weighted by Crippen LogP contribution is 2.38. The largest absolute Gasteiger partial charge is 0.433 e. The topological polar surface area (TPSA) is 115 Å². The quantitative estimate of drug-likeness (QED) is 0.546. The number of carbonyl (C=O) groups excluding carboxylic acids is 1. The molecular formula is C20H18F4N6O2S. The number of halogens is 4. The molecule has 0 fully saturated rings. The first-order valence-electron chi connectivity index (χ1n) is 9.73. The maximum absolute atomic E-state index is 14.4. The van der Waals surface area contributed by atoms with E-state index in [-0.39, 0.29) is 16.9 Å². The number of para-hydroxylation sites is 1. The van der Waals surface area contributed by atoms with Crippen LogP contribution in [-0.4, -0.2) is 25.0 Å². The van der Waals surface area contributed by atoms with Crippen molar-refractivity contribution in [2.45, 2.75) is 37.4 Å². The minimum atomic E-state index is -4.73. The molecule has 13 heteroatoms. The van der Waals surface area contributed by atoms with Crippen LogP contribution >= 0.6 is 0 Å². The Kier molecular flexibility index (Phi) is 5.70. The molecule has 0 spiro atoms. The van der Waals surface area contributed by atoms with Gasteiger partial charge in [-0.15, -0.1) is 4.36 Å². The Bertz CT molecular complexity index is 1360. The molecule has 1 aliphatic rings. The third-order valence-electron chi connectivity index (χ3n) is 5.12. The zero-order valence-corrected chi connectivity index (χ0v) is 18.0. The van der Waals surface area contributed by atoms with E-state index in [1.54, 1.807) is 30.3 Å². The Morgan fingerprint density at radius 1 is 1.24 bits per heavy atom. The van der Waals surface area contributed by atoms with E-state index < -0.39 is 38.7 Å². The van der Waals surface area contributed by atoms with Crippen molar-refractivity contribution < 1.29 is 26.6 Å². The Balaban J connectivity index is 1.69. The van der Waals surface area contributed by atoms with Gasteiger partial charge in [0.15, 0.2) is 15.7 Å². The molecular weight excluding hydrogens is 464 g/mol. The monoisotopic (exact) mass is 482 g/mol. The van der Waals surface area contributed by atoms with Gasteiger partial charge in [-0.05, 0) is 43.9 Å². The molecule has 0 aliphatic heterocycles. The molecule has 2 heterocycles. The third-order valence-corrected chi connectivity index (χ3v) is 6.39. The molecule has 33 heavy (non-hydrogen) atoms. The van der Waals surface area contributed by atoms with E-state index in [1.165, 1.54) is 6.92 Å². The SMILES string of the molecule is Cc1c(C(F)(F)F)nc2c(c1NC(=O)N=[S@@](N)(=O)c1nn(-c3ccccc3)cc1F)CCC2. The number of fused-ring (bicyclic) bond motifs is 1. The Morgan fingerprint density at radius 2 is 1.94 bits per heavy atom. The van der Waals surface area contributed by atoms with E-state index in [9.17, 15) is 26.6 Å². The molecule has 1 aliphatic carbocycles. The summed E-state index contributed by atoms with van der Waals surface area (Å²) in [7, 11) is -4.14. The lowest BCUT2D eigenvalue weighted by Crippen LogP contribution is -2.21. The van der Waals surface area contributed by atoms with E-state index in [0.717, 1.165) is 10.9 Å². The van der Waals surface area contributed by atoms with Gasteiger partial charge < -0.3 is 5.32 Å². The smallest absolute Gasteiger partial charge is 0.305 e. The highest BCUT2D eigenvalue weighted by atomic mass is 32.2. The fourth-order valence-electron chi connectivity index (χ4n) is 3.67. The average molecular weight is 482 g/mol. The van der Waals surface area contributed by atoms with E-state index in [2.05, 4.69) is 19.8 Å². The van der Waals surface area contributed by atoms with Crippen molar-refractivity contribution in [2.24, 2.45) is 9.50 Å². The van der Waals surface area contributed by atoms with Crippen LogP contribution in [0.25, 0.3) is 5.69 Å². The summed E-state index contributed by atoms with van der Waals surface area (Å²) in [6, 6.07) is 7.03. The summed E-state index contributed by atoms with van der Waals surface area (Å²) >= 11 is 0. The van der Waals surface area contributed by atoms with Gasteiger partial charge in [-0.25, -0.2) is 28.2 Å². The number of nitrogens with one attached hydrogen (secondary N) is 1. The van der Waals surface area contributed by atoms with Crippen LogP contribution in [0.15, 0.2) is 45.9 Å². The fraction of sp³-hybridized carbons (Fsp3) is 0.250. The molecule has 0 saturated carbocycles. The van der Waals surface area contributed by atoms with Crippen LogP contribution < -0.4 is 10.5 Å². The van der Waals surface area contributed by atoms with Crippen molar-refractivity contribution in [3.05, 3.63) is 64.9 Å². The lowest BCUT2D eigenvalue weighted by Gasteiger charge is -2.17. The molecule has 1 aromatic carbocycles. The number of anilines is 1. The standard InChI is InChI=1S/C20H18F4N6O2S/c1-11-16(13-8-5-9-15(13)26-17(11)20(22,23)24)27-19(31)29-33(25,32)18-14(21)10-30(28-18)12-6-3-2-4-7-12/h2-4,6-7,10H,5,8-9H2,1H3,(H3,25,26,27,29,31,32)/t33-/m1/s1. The number of aromatic nitrogens is 3. The van der Waals surface area contributed by atoms with Gasteiger partial charge in [0.1, 0.15) is 5.69 Å². The number of hydrogen-bond donors (Lipinski definition) is 2. The van der Waals surface area contributed by atoms with Crippen LogP contribution in [0.2, 0.25) is 0 Å². The number of pyridine rings is 1. The van der Waals surface area contributed by atoms with Crippen LogP contribution in [0.4, 0.5) is 28.0 Å². The average Bonchev–Trinajstić information content (AvgIpc) is 3.36. The summed E-state index contributed by atoms with van der Waals surface area (Å²) < 4.78 is 71.9. The van der Waals surface area contributed by atoms with Crippen molar-refractivity contribution in [1.82, 2.24) is 14.8 Å². The number of rotatable bonds is 3. The van der Waals surface area contributed by atoms with Crippen LogP contribution in [0, 0.1) is 12.7 Å². The highest BCUT2D eigenvalue weighted by molar-refractivity contribution is 7.91. The van der Waals surface area contributed by atoms with Crippen LogP contribution in [0.3, 0.4) is 0 Å². The second-order valence-corrected chi connectivity index (χ2v) is 9.10. The predicted molar refractivity (Wildman–Crippen MR) is 112 cm³/mol. The number of hydrogen-bond acceptors (Lipinski definition) is 4. The Labute approximate surface area is 186 Å². The molecule has 3 aromatic rings. The van der Waals surface area contributed by atoms with Gasteiger partial charge in [0.05, 0.1) is 17.6 Å². The number of alkyl halides is 3. The predicted octanol–water partition coefficient (Wildman–Crippen LogP) is 4.16. The van der Waals surface area contributed by atoms with E-state index in [0.29, 0.717) is 30.5 Å². The second kappa shape index (κ2) is 8.23. The summed E-state index contributed by atoms with van der Waals surface area (Å²) in [4.78, 5) is 16.2. The fourth-order valence-corrected chi connectivity index (χ4v) is 4.59. The first-order chi connectivity index (χ1) is 15.5. The summed E-state index contributed by atoms with van der Waals surface area (Å²) in [6.07, 6.45) is -2.49. The van der Waals surface area contributed by atoms with Gasteiger partial charge in [-0.2, -0.15) is 18.3 Å². The van der Waals surface area contributed by atoms with Crippen molar-refractivity contribution in [1.29, 1.82) is 0 Å². The van der Waals surface area contributed by atoms with Crippen molar-refractivity contribution in [3.63, 3.8) is 0 Å². The molecule has 2 amide bonds. The van der Waals surface area contributed by atoms with Crippen molar-refractivity contribution in [2.75, 3.05) is 5.32 Å². The number of urea groups is 1. The summed E-state index contributed by atoms with van der Waals surface area (Å²) in [5.74, 6) is -1.05. The molecule has 1 atom stereocenters. The lowest BCUT2D eigenvalue weighted by molar-refractivity contribution is -0.141. The minimum absolute atomic E-state index is 0.107. The molecule has 4 rings (SSSR count). The lowest BCUT2D eigenvalue weighted by atomic mass is 10.1. The first kappa shape index (κ1) is 22.9. The number of nitrogens with two attached hydrogens (primary N) is 1. The highest BCUT2D eigenvalue weighted by Gasteiger charge is 2.38. The van der Waals surface area contributed by atoms with E-state index in [4.69, 9.17) is 5.14 Å². The molecule has 0 unspecified atom stereocenters. The maximum Gasteiger partial charge on any atom is 0.433 e. The molecule has 2 aromatic heterocycles. The summed E-state index contributed by atoms with van der Waals surface area (Å²) in [5, 5.41) is 11.0. The van der Waals surface area contributed by atoms with Gasteiger partial charge in [-0.3, -0.25) is 0 Å². The number of aryl methyl sites for hydroxylation is 1. The number of nitrogens with zero attached hydrogens (tertiary/aromatic N) is 4. The van der Waals surface area contributed by atoms with Gasteiger partial charge in [0.25, 0.3) is 0 Å². The number of benzene rings is 1. The van der Waals surface area contributed by atoms with Crippen molar-refractivity contribution >= 4 is 21.6 Å². The first-order valence-corrected chi connectivity index (χ1v) is 11.3. The van der Waals surface area contributed by atoms with Gasteiger partial charge in [0.2, 0.25) is 5.03 Å². The van der Waals surface area contributed by atoms with Crippen LogP contribution in [0.1, 0.15) is 28.9 Å². The van der Waals surface area contributed by atoms with Gasteiger partial charge in [-0.1, -0.05) is 18.2 Å². The third kappa shape index (κ3) is 4.46. The van der Waals surface area contributed by atoms with E-state index in [1.807, 2.05) is 0 Å². The molecule has 0 radical (unpaired) electrons. The van der Waals surface area contributed by atoms with Crippen molar-refractivity contribution in [3.8, 4) is 5.69 Å². The Hall–Kier alpha value is -3.32. The molecule has 8 nitrogen and oxygen atoms in total. The number of amides is 2. The molecule has 3 N–H and O–H groups in total. The van der Waals surface area contributed by atoms with Gasteiger partial charge in [0, 0.05) is 11.3 Å². The summed E-state index contributed by atoms with van der Waals surface area (Å²) in [5.41, 5.74) is -0.403. The molecule has 174 valence electrons. The minimum Gasteiger partial charge on any atom is -0.305 e. The molecule has 0 saturated heterocycles. The normalized spacial score (nSPS) is 15.1. The Morgan fingerprint density at radius 3 is 2.61 bits per heavy atom. The van der Waals surface area contributed by atoms with E-state index >= 15 is 0 Å². The van der Waals surface area contributed by atoms with Gasteiger partial charge >= 0.3 is 12.2 Å². The second-order valence-electron chi connectivity index (χ2n) is 7.39. The zero-order chi connectivity index (χ0) is 24.0. The maximum atomic E-state index is 14.4. The van der Waals surface area contributed by atoms with Crippen LogP contribution in [-0.2, 0) is 28.9 Å².